The summed E-state index contributed by atoms with van der Waals surface area (Å²) in [5.41, 5.74) is 0.587. The van der Waals surface area contributed by atoms with Crippen LogP contribution >= 0.6 is 0 Å². The summed E-state index contributed by atoms with van der Waals surface area (Å²) < 4.78 is 13.8. The second kappa shape index (κ2) is 4.12. The zero-order valence-electron chi connectivity index (χ0n) is 10.7. The maximum atomic E-state index is 13.8. The maximum Gasteiger partial charge on any atom is 0.214 e. The average Bonchev–Trinajstić information content (AvgIpc) is 3.05. The molecule has 0 radical (unpaired) electrons. The van der Waals surface area contributed by atoms with Crippen molar-refractivity contribution < 1.29 is 18.8 Å². The number of hydrogen-bond donors (Lipinski definition) is 1. The lowest BCUT2D eigenvalue weighted by Gasteiger charge is -2.21. The molecule has 104 valence electrons. The van der Waals surface area contributed by atoms with Gasteiger partial charge in [0.15, 0.2) is 11.9 Å². The average molecular weight is 284 g/mol. The van der Waals surface area contributed by atoms with Crippen LogP contribution in [0, 0.1) is 11.7 Å². The second-order valence-electron chi connectivity index (χ2n) is 4.99. The minimum atomic E-state index is -0.633. The number of benzene rings is 1. The smallest absolute Gasteiger partial charge is 0.214 e. The molecule has 2 heterocycles. The van der Waals surface area contributed by atoms with Crippen molar-refractivity contribution in [3.05, 3.63) is 53.0 Å². The summed E-state index contributed by atoms with van der Waals surface area (Å²) in [6.45, 7) is 0. The molecule has 0 aromatic heterocycles. The zero-order valence-corrected chi connectivity index (χ0v) is 10.7. The number of oxime groups is 1. The van der Waals surface area contributed by atoms with Gasteiger partial charge < -0.3 is 10.2 Å². The van der Waals surface area contributed by atoms with Gasteiger partial charge in [-0.3, -0.25) is 9.59 Å². The van der Waals surface area contributed by atoms with E-state index in [0.717, 1.165) is 0 Å². The third-order valence-electron chi connectivity index (χ3n) is 3.77. The molecule has 0 amide bonds. The van der Waals surface area contributed by atoms with Crippen LogP contribution in [0.1, 0.15) is 10.4 Å². The molecule has 4 rings (SSSR count). The van der Waals surface area contributed by atoms with Gasteiger partial charge >= 0.3 is 0 Å². The number of halogens is 1. The van der Waals surface area contributed by atoms with E-state index < -0.39 is 17.7 Å². The zero-order chi connectivity index (χ0) is 14.6. The number of anilines is 1. The molecule has 21 heavy (non-hydrogen) atoms. The first kappa shape index (κ1) is 12.0. The molecule has 2 unspecified atom stereocenters. The Bertz CT molecular complexity index is 779. The predicted molar refractivity (Wildman–Crippen MR) is 72.4 cm³/mol. The summed E-state index contributed by atoms with van der Waals surface area (Å²) in [6, 6.07) is 4.31. The van der Waals surface area contributed by atoms with Gasteiger partial charge in [0.1, 0.15) is 5.82 Å². The van der Waals surface area contributed by atoms with E-state index >= 15 is 0 Å². The van der Waals surface area contributed by atoms with Crippen LogP contribution in [-0.2, 0) is 9.63 Å². The van der Waals surface area contributed by atoms with E-state index in [-0.39, 0.29) is 28.5 Å². The second-order valence-corrected chi connectivity index (χ2v) is 4.99. The SMILES string of the molecule is O=C1C=CC2C=NOC2/C1=C1/Nc2cccc(F)c2C1=O. The van der Waals surface area contributed by atoms with E-state index in [9.17, 15) is 14.0 Å². The first-order valence-corrected chi connectivity index (χ1v) is 6.43. The van der Waals surface area contributed by atoms with Gasteiger partial charge in [0.25, 0.3) is 0 Å². The number of nitrogens with zero attached hydrogens (tertiary/aromatic N) is 1. The van der Waals surface area contributed by atoms with Crippen LogP contribution in [0.15, 0.2) is 46.8 Å². The lowest BCUT2D eigenvalue weighted by atomic mass is 9.86. The molecule has 1 aromatic rings. The number of rotatable bonds is 0. The number of Topliss-reactive ketones (excluding diaryl/α,β-unsaturated/α-hetero) is 1. The Labute approximate surface area is 118 Å². The minimum Gasteiger partial charge on any atom is -0.387 e. The molecule has 3 aliphatic rings. The Balaban J connectivity index is 1.87. The molecule has 0 fully saturated rings. The number of ketones is 2. The third kappa shape index (κ3) is 1.59. The molecule has 1 N–H and O–H groups in total. The van der Waals surface area contributed by atoms with Crippen LogP contribution in [0.4, 0.5) is 10.1 Å². The molecule has 0 bridgehead atoms. The van der Waals surface area contributed by atoms with Gasteiger partial charge in [-0.1, -0.05) is 17.3 Å². The molecule has 2 aliphatic heterocycles. The molecular formula is C15H9FN2O3. The third-order valence-corrected chi connectivity index (χ3v) is 3.77. The van der Waals surface area contributed by atoms with Crippen LogP contribution in [0.2, 0.25) is 0 Å². The summed E-state index contributed by atoms with van der Waals surface area (Å²) in [7, 11) is 0. The number of hydrogen-bond acceptors (Lipinski definition) is 5. The minimum absolute atomic E-state index is 0.0437. The Kier molecular flexibility index (Phi) is 2.35. The molecule has 0 saturated heterocycles. The molecule has 0 saturated carbocycles. The monoisotopic (exact) mass is 284 g/mol. The van der Waals surface area contributed by atoms with Crippen molar-refractivity contribution in [3.63, 3.8) is 0 Å². The largest absolute Gasteiger partial charge is 0.387 e. The van der Waals surface area contributed by atoms with Crippen LogP contribution in [0.3, 0.4) is 0 Å². The molecule has 5 nitrogen and oxygen atoms in total. The van der Waals surface area contributed by atoms with E-state index in [1.54, 1.807) is 18.4 Å². The highest BCUT2D eigenvalue weighted by atomic mass is 19.1. The summed E-state index contributed by atoms with van der Waals surface area (Å²) in [5.74, 6) is -1.66. The summed E-state index contributed by atoms with van der Waals surface area (Å²) >= 11 is 0. The lowest BCUT2D eigenvalue weighted by Crippen LogP contribution is -2.31. The van der Waals surface area contributed by atoms with Gasteiger partial charge in [-0.25, -0.2) is 4.39 Å². The summed E-state index contributed by atoms with van der Waals surface area (Å²) in [5, 5.41) is 6.54. The van der Waals surface area contributed by atoms with E-state index in [0.29, 0.717) is 5.69 Å². The van der Waals surface area contributed by atoms with Crippen molar-refractivity contribution in [2.75, 3.05) is 5.32 Å². The summed E-state index contributed by atoms with van der Waals surface area (Å²) in [4.78, 5) is 29.7. The van der Waals surface area contributed by atoms with Crippen molar-refractivity contribution in [2.24, 2.45) is 11.1 Å². The van der Waals surface area contributed by atoms with Crippen molar-refractivity contribution in [1.29, 1.82) is 0 Å². The molecule has 2 atom stereocenters. The molecule has 1 aromatic carbocycles. The highest BCUT2D eigenvalue weighted by molar-refractivity contribution is 6.23. The normalized spacial score (nSPS) is 29.2. The van der Waals surface area contributed by atoms with Gasteiger partial charge in [0.05, 0.1) is 34.7 Å². The maximum absolute atomic E-state index is 13.8. The number of nitrogens with one attached hydrogen (secondary N) is 1. The fourth-order valence-corrected chi connectivity index (χ4v) is 2.77. The van der Waals surface area contributed by atoms with E-state index in [4.69, 9.17) is 4.84 Å². The highest BCUT2D eigenvalue weighted by Gasteiger charge is 2.41. The fraction of sp³-hybridized carbons (Fsp3) is 0.133. The van der Waals surface area contributed by atoms with Crippen LogP contribution in [-0.4, -0.2) is 23.9 Å². The molecule has 1 aliphatic carbocycles. The van der Waals surface area contributed by atoms with E-state index in [1.807, 2.05) is 0 Å². The van der Waals surface area contributed by atoms with Crippen molar-refractivity contribution in [3.8, 4) is 0 Å². The highest BCUT2D eigenvalue weighted by Crippen LogP contribution is 2.36. The van der Waals surface area contributed by atoms with Gasteiger partial charge in [-0.2, -0.15) is 0 Å². The number of allylic oxidation sites excluding steroid dienone is 2. The van der Waals surface area contributed by atoms with Crippen molar-refractivity contribution >= 4 is 23.5 Å². The Morgan fingerprint density at radius 3 is 2.95 bits per heavy atom. The molecular weight excluding hydrogens is 275 g/mol. The Hall–Kier alpha value is -2.76. The quantitative estimate of drug-likeness (QED) is 0.738. The standard InChI is InChI=1S/C15H9FN2O3/c16-8-2-1-3-9-11(8)14(20)13(18-9)12-10(19)5-4-7-6-17-21-15(7)12/h1-7,15,18H/b13-12+. The first-order chi connectivity index (χ1) is 10.2. The Morgan fingerprint density at radius 1 is 1.29 bits per heavy atom. The van der Waals surface area contributed by atoms with Gasteiger partial charge in [-0.15, -0.1) is 0 Å². The van der Waals surface area contributed by atoms with E-state index in [1.165, 1.54) is 18.2 Å². The summed E-state index contributed by atoms with van der Waals surface area (Å²) in [6.07, 6.45) is 4.01. The fourth-order valence-electron chi connectivity index (χ4n) is 2.77. The number of fused-ring (bicyclic) bond motifs is 2. The topological polar surface area (TPSA) is 67.8 Å². The molecule has 6 heteroatoms. The van der Waals surface area contributed by atoms with Crippen molar-refractivity contribution in [1.82, 2.24) is 0 Å². The van der Waals surface area contributed by atoms with Crippen LogP contribution in [0.25, 0.3) is 0 Å². The Morgan fingerprint density at radius 2 is 2.14 bits per heavy atom. The van der Waals surface area contributed by atoms with Crippen molar-refractivity contribution in [2.45, 2.75) is 6.10 Å². The van der Waals surface area contributed by atoms with E-state index in [2.05, 4.69) is 10.5 Å². The number of carbonyl (C=O) groups excluding carboxylic acids is 2. The van der Waals surface area contributed by atoms with Gasteiger partial charge in [0.2, 0.25) is 5.78 Å². The lowest BCUT2D eigenvalue weighted by molar-refractivity contribution is -0.113. The molecule has 0 spiro atoms. The van der Waals surface area contributed by atoms with Crippen LogP contribution < -0.4 is 5.32 Å². The van der Waals surface area contributed by atoms with Gasteiger partial charge in [0, 0.05) is 0 Å². The predicted octanol–water partition coefficient (Wildman–Crippen LogP) is 1.83. The first-order valence-electron chi connectivity index (χ1n) is 6.43. The number of carbonyl (C=O) groups is 2. The van der Waals surface area contributed by atoms with Crippen LogP contribution in [0.5, 0.6) is 0 Å². The van der Waals surface area contributed by atoms with Gasteiger partial charge in [-0.05, 0) is 18.2 Å².